The SMILES string of the molecule is O=C(CSc1cc(Cl)ccc1Cl)N1CCC2CCC(C1)N2. The van der Waals surface area contributed by atoms with Crippen molar-refractivity contribution >= 4 is 40.9 Å². The molecule has 0 aromatic heterocycles. The standard InChI is InChI=1S/C15H18Cl2N2OS/c16-10-1-4-13(17)14(7-10)21-9-15(20)19-6-5-11-2-3-12(8-19)18-11/h1,4,7,11-12,18H,2-3,5-6,8-9H2. The number of halogens is 2. The molecule has 21 heavy (non-hydrogen) atoms. The summed E-state index contributed by atoms with van der Waals surface area (Å²) in [5.74, 6) is 0.600. The fourth-order valence-electron chi connectivity index (χ4n) is 2.99. The van der Waals surface area contributed by atoms with E-state index in [1.807, 2.05) is 11.0 Å². The Morgan fingerprint density at radius 3 is 2.95 bits per heavy atom. The van der Waals surface area contributed by atoms with Crippen molar-refractivity contribution in [3.05, 3.63) is 28.2 Å². The van der Waals surface area contributed by atoms with Crippen molar-refractivity contribution in [2.45, 2.75) is 36.2 Å². The van der Waals surface area contributed by atoms with Gasteiger partial charge in [-0.15, -0.1) is 11.8 Å². The van der Waals surface area contributed by atoms with Crippen LogP contribution < -0.4 is 5.32 Å². The molecule has 2 saturated heterocycles. The molecule has 6 heteroatoms. The molecular weight excluding hydrogens is 327 g/mol. The first kappa shape index (κ1) is 15.5. The van der Waals surface area contributed by atoms with Crippen LogP contribution in [-0.2, 0) is 4.79 Å². The summed E-state index contributed by atoms with van der Waals surface area (Å²) < 4.78 is 0. The fourth-order valence-corrected chi connectivity index (χ4v) is 4.38. The quantitative estimate of drug-likeness (QED) is 0.852. The first-order valence-electron chi connectivity index (χ1n) is 7.23. The number of carbonyl (C=O) groups is 1. The lowest BCUT2D eigenvalue weighted by Gasteiger charge is -2.24. The zero-order chi connectivity index (χ0) is 14.8. The van der Waals surface area contributed by atoms with Crippen LogP contribution in [0.3, 0.4) is 0 Å². The second-order valence-corrected chi connectivity index (χ2v) is 7.49. The van der Waals surface area contributed by atoms with Crippen LogP contribution in [0.15, 0.2) is 23.1 Å². The smallest absolute Gasteiger partial charge is 0.232 e. The van der Waals surface area contributed by atoms with E-state index in [-0.39, 0.29) is 5.91 Å². The van der Waals surface area contributed by atoms with Crippen LogP contribution in [0, 0.1) is 0 Å². The molecule has 0 saturated carbocycles. The summed E-state index contributed by atoms with van der Waals surface area (Å²) in [6.07, 6.45) is 3.49. The van der Waals surface area contributed by atoms with Crippen molar-refractivity contribution in [1.82, 2.24) is 10.2 Å². The van der Waals surface area contributed by atoms with E-state index in [1.165, 1.54) is 24.6 Å². The molecule has 1 aromatic carbocycles. The van der Waals surface area contributed by atoms with Crippen LogP contribution in [0.2, 0.25) is 10.0 Å². The van der Waals surface area contributed by atoms with Crippen LogP contribution in [-0.4, -0.2) is 41.7 Å². The molecule has 2 heterocycles. The Balaban J connectivity index is 1.57. The van der Waals surface area contributed by atoms with Crippen LogP contribution in [0.4, 0.5) is 0 Å². The van der Waals surface area contributed by atoms with Gasteiger partial charge < -0.3 is 10.2 Å². The van der Waals surface area contributed by atoms with Gasteiger partial charge >= 0.3 is 0 Å². The highest BCUT2D eigenvalue weighted by Crippen LogP contribution is 2.30. The minimum atomic E-state index is 0.186. The third-order valence-electron chi connectivity index (χ3n) is 4.12. The highest BCUT2D eigenvalue weighted by molar-refractivity contribution is 8.00. The maximum atomic E-state index is 12.4. The number of likely N-dealkylation sites (tertiary alicyclic amines) is 1. The van der Waals surface area contributed by atoms with E-state index in [0.29, 0.717) is 27.9 Å². The maximum Gasteiger partial charge on any atom is 0.232 e. The monoisotopic (exact) mass is 344 g/mol. The number of amides is 1. The molecule has 2 aliphatic heterocycles. The second-order valence-electron chi connectivity index (χ2n) is 5.63. The highest BCUT2D eigenvalue weighted by Gasteiger charge is 2.30. The number of hydrogen-bond donors (Lipinski definition) is 1. The van der Waals surface area contributed by atoms with Gasteiger partial charge in [0.05, 0.1) is 10.8 Å². The van der Waals surface area contributed by atoms with Gasteiger partial charge in [0, 0.05) is 35.1 Å². The van der Waals surface area contributed by atoms with Crippen molar-refractivity contribution < 1.29 is 4.79 Å². The van der Waals surface area contributed by atoms with Crippen LogP contribution in [0.5, 0.6) is 0 Å². The van der Waals surface area contributed by atoms with Gasteiger partial charge in [-0.25, -0.2) is 0 Å². The normalized spacial score (nSPS) is 25.0. The molecule has 1 aromatic rings. The third-order valence-corrected chi connectivity index (χ3v) is 5.84. The van der Waals surface area contributed by atoms with Gasteiger partial charge in [0.2, 0.25) is 5.91 Å². The minimum absolute atomic E-state index is 0.186. The van der Waals surface area contributed by atoms with Crippen LogP contribution in [0.1, 0.15) is 19.3 Å². The molecule has 2 unspecified atom stereocenters. The van der Waals surface area contributed by atoms with Crippen LogP contribution in [0.25, 0.3) is 0 Å². The number of nitrogens with one attached hydrogen (secondary N) is 1. The first-order valence-corrected chi connectivity index (χ1v) is 8.97. The zero-order valence-electron chi connectivity index (χ0n) is 11.6. The summed E-state index contributed by atoms with van der Waals surface area (Å²) in [5.41, 5.74) is 0. The molecule has 0 radical (unpaired) electrons. The fraction of sp³-hybridized carbons (Fsp3) is 0.533. The Morgan fingerprint density at radius 1 is 1.29 bits per heavy atom. The lowest BCUT2D eigenvalue weighted by molar-refractivity contribution is -0.128. The van der Waals surface area contributed by atoms with Crippen molar-refractivity contribution in [3.63, 3.8) is 0 Å². The van der Waals surface area contributed by atoms with E-state index in [2.05, 4.69) is 5.32 Å². The maximum absolute atomic E-state index is 12.4. The minimum Gasteiger partial charge on any atom is -0.340 e. The summed E-state index contributed by atoms with van der Waals surface area (Å²) in [6, 6.07) is 6.41. The summed E-state index contributed by atoms with van der Waals surface area (Å²) in [4.78, 5) is 15.3. The van der Waals surface area contributed by atoms with Crippen LogP contribution >= 0.6 is 35.0 Å². The number of hydrogen-bond acceptors (Lipinski definition) is 3. The molecule has 2 atom stereocenters. The van der Waals surface area contributed by atoms with E-state index in [1.54, 1.807) is 12.1 Å². The number of fused-ring (bicyclic) bond motifs is 2. The third kappa shape index (κ3) is 3.86. The summed E-state index contributed by atoms with van der Waals surface area (Å²) in [7, 11) is 0. The first-order chi connectivity index (χ1) is 10.1. The number of nitrogens with zero attached hydrogens (tertiary/aromatic N) is 1. The van der Waals surface area contributed by atoms with E-state index >= 15 is 0 Å². The lowest BCUT2D eigenvalue weighted by atomic mass is 10.1. The average molecular weight is 345 g/mol. The average Bonchev–Trinajstić information content (AvgIpc) is 2.79. The number of carbonyl (C=O) groups excluding carboxylic acids is 1. The van der Waals surface area contributed by atoms with Gasteiger partial charge in [0.15, 0.2) is 0 Å². The second kappa shape index (κ2) is 6.78. The molecule has 3 nitrogen and oxygen atoms in total. The largest absolute Gasteiger partial charge is 0.340 e. The number of rotatable bonds is 3. The van der Waals surface area contributed by atoms with Crippen molar-refractivity contribution in [3.8, 4) is 0 Å². The molecule has 2 bridgehead atoms. The Hall–Kier alpha value is -0.420. The van der Waals surface area contributed by atoms with E-state index in [4.69, 9.17) is 23.2 Å². The van der Waals surface area contributed by atoms with Crippen molar-refractivity contribution in [1.29, 1.82) is 0 Å². The molecule has 114 valence electrons. The van der Waals surface area contributed by atoms with Gasteiger partial charge in [0.1, 0.15) is 0 Å². The molecule has 0 aliphatic carbocycles. The Morgan fingerprint density at radius 2 is 2.10 bits per heavy atom. The topological polar surface area (TPSA) is 32.3 Å². The van der Waals surface area contributed by atoms with Crippen molar-refractivity contribution in [2.75, 3.05) is 18.8 Å². The molecule has 1 N–H and O–H groups in total. The van der Waals surface area contributed by atoms with Gasteiger partial charge in [-0.05, 0) is 37.5 Å². The Kier molecular flexibility index (Phi) is 4.99. The number of benzene rings is 1. The Bertz CT molecular complexity index is 540. The zero-order valence-corrected chi connectivity index (χ0v) is 14.0. The van der Waals surface area contributed by atoms with Gasteiger partial charge in [-0.3, -0.25) is 4.79 Å². The summed E-state index contributed by atoms with van der Waals surface area (Å²) in [5, 5.41) is 4.88. The molecule has 1 amide bonds. The van der Waals surface area contributed by atoms with Gasteiger partial charge in [-0.2, -0.15) is 0 Å². The van der Waals surface area contributed by atoms with E-state index in [9.17, 15) is 4.79 Å². The molecule has 0 spiro atoms. The number of thioether (sulfide) groups is 1. The molecule has 2 aliphatic rings. The summed E-state index contributed by atoms with van der Waals surface area (Å²) >= 11 is 13.6. The predicted molar refractivity (Wildman–Crippen MR) is 88.3 cm³/mol. The predicted octanol–water partition coefficient (Wildman–Crippen LogP) is 3.44. The molecule has 3 rings (SSSR count). The summed E-state index contributed by atoms with van der Waals surface area (Å²) in [6.45, 7) is 1.69. The van der Waals surface area contributed by atoms with Gasteiger partial charge in [0.25, 0.3) is 0 Å². The van der Waals surface area contributed by atoms with Gasteiger partial charge in [-0.1, -0.05) is 23.2 Å². The van der Waals surface area contributed by atoms with E-state index < -0.39 is 0 Å². The lowest BCUT2D eigenvalue weighted by Crippen LogP contribution is -2.39. The Labute approximate surface area is 139 Å². The van der Waals surface area contributed by atoms with E-state index in [0.717, 1.165) is 24.4 Å². The molecule has 2 fully saturated rings. The molecular formula is C15H18Cl2N2OS. The highest BCUT2D eigenvalue weighted by atomic mass is 35.5. The van der Waals surface area contributed by atoms with Crippen molar-refractivity contribution in [2.24, 2.45) is 0 Å².